The number of nitrogens with one attached hydrogen (secondary N) is 1. The molecule has 46 heavy (non-hydrogen) atoms. The third-order valence-corrected chi connectivity index (χ3v) is 10.3. The number of aromatic nitrogens is 3. The van der Waals surface area contributed by atoms with Crippen molar-refractivity contribution in [1.82, 2.24) is 24.4 Å². The maximum atomic E-state index is 14.9. The van der Waals surface area contributed by atoms with Crippen LogP contribution in [0.5, 0.6) is 5.75 Å². The van der Waals surface area contributed by atoms with Crippen LogP contribution >= 0.6 is 11.3 Å². The summed E-state index contributed by atoms with van der Waals surface area (Å²) < 4.78 is 55.6. The van der Waals surface area contributed by atoms with Gasteiger partial charge in [0.05, 0.1) is 31.2 Å². The van der Waals surface area contributed by atoms with E-state index >= 15 is 0 Å². The van der Waals surface area contributed by atoms with E-state index in [9.17, 15) is 22.4 Å². The Morgan fingerprint density at radius 3 is 2.46 bits per heavy atom. The lowest BCUT2D eigenvalue weighted by atomic mass is 9.85. The molecule has 0 radical (unpaired) electrons. The summed E-state index contributed by atoms with van der Waals surface area (Å²) in [5, 5.41) is 6.64. The van der Waals surface area contributed by atoms with Crippen molar-refractivity contribution in [2.75, 3.05) is 20.8 Å². The molecule has 0 unspecified atom stereocenters. The number of sulfonamides is 1. The lowest BCUT2D eigenvalue weighted by Gasteiger charge is -2.39. The van der Waals surface area contributed by atoms with Gasteiger partial charge in [0.2, 0.25) is 0 Å². The van der Waals surface area contributed by atoms with Crippen LogP contribution in [0.3, 0.4) is 0 Å². The van der Waals surface area contributed by atoms with Crippen LogP contribution in [0.1, 0.15) is 54.2 Å². The van der Waals surface area contributed by atoms with Crippen molar-refractivity contribution in [3.8, 4) is 5.75 Å². The minimum Gasteiger partial charge on any atom is -0.496 e. The number of amides is 2. The van der Waals surface area contributed by atoms with Gasteiger partial charge >= 0.3 is 0 Å². The minimum atomic E-state index is -4.48. The fraction of sp³-hybridized carbons (Fsp3) is 0.375. The Morgan fingerprint density at radius 1 is 1.13 bits per heavy atom. The number of rotatable bonds is 10. The number of hydrogen-bond acceptors (Lipinski definition) is 9. The third-order valence-electron chi connectivity index (χ3n) is 8.10. The monoisotopic (exact) mass is 669 g/mol. The average molecular weight is 670 g/mol. The van der Waals surface area contributed by atoms with E-state index in [1.165, 1.54) is 41.3 Å². The van der Waals surface area contributed by atoms with Crippen molar-refractivity contribution in [2.45, 2.75) is 55.6 Å². The zero-order chi connectivity index (χ0) is 33.3. The van der Waals surface area contributed by atoms with Crippen LogP contribution in [0.25, 0.3) is 0 Å². The number of thiazole rings is 1. The Kier molecular flexibility index (Phi) is 9.34. The van der Waals surface area contributed by atoms with Gasteiger partial charge in [-0.2, -0.15) is 5.10 Å². The van der Waals surface area contributed by atoms with Gasteiger partial charge in [0, 0.05) is 42.6 Å². The molecular weight excluding hydrogens is 634 g/mol. The Bertz CT molecular complexity index is 1790. The second kappa shape index (κ2) is 12.9. The van der Waals surface area contributed by atoms with Crippen LogP contribution in [-0.4, -0.2) is 66.3 Å². The number of nitrogens with zero attached hydrogens (tertiary/aromatic N) is 4. The van der Waals surface area contributed by atoms with Gasteiger partial charge in [-0.15, -0.1) is 11.3 Å². The molecule has 2 aromatic carbocycles. The number of benzene rings is 2. The van der Waals surface area contributed by atoms with Gasteiger partial charge in [-0.3, -0.25) is 14.3 Å². The largest absolute Gasteiger partial charge is 0.496 e. The van der Waals surface area contributed by atoms with Crippen LogP contribution in [0, 0.1) is 11.7 Å². The van der Waals surface area contributed by atoms with Crippen molar-refractivity contribution in [3.05, 3.63) is 94.5 Å². The highest BCUT2D eigenvalue weighted by Gasteiger charge is 2.60. The van der Waals surface area contributed by atoms with Crippen molar-refractivity contribution in [1.29, 1.82) is 0 Å². The highest BCUT2D eigenvalue weighted by atomic mass is 32.2. The van der Waals surface area contributed by atoms with Gasteiger partial charge in [0.1, 0.15) is 22.1 Å². The number of hydrogen-bond donors (Lipinski definition) is 1. The molecule has 5 rings (SSSR count). The molecular formula is C32H36FN5O6S2. The maximum absolute atomic E-state index is 14.9. The highest BCUT2D eigenvalue weighted by Crippen LogP contribution is 2.49. The Hall–Kier alpha value is -4.14. The molecule has 1 aliphatic rings. The van der Waals surface area contributed by atoms with Crippen molar-refractivity contribution in [2.24, 2.45) is 5.92 Å². The Labute approximate surface area is 271 Å². The molecule has 1 N–H and O–H groups in total. The molecule has 0 spiro atoms. The van der Waals surface area contributed by atoms with E-state index < -0.39 is 45.2 Å². The number of ether oxygens (including phenoxy) is 2. The van der Waals surface area contributed by atoms with E-state index in [1.807, 2.05) is 26.8 Å². The number of halogens is 1. The van der Waals surface area contributed by atoms with E-state index in [4.69, 9.17) is 9.47 Å². The fourth-order valence-corrected chi connectivity index (χ4v) is 7.91. The van der Waals surface area contributed by atoms with E-state index in [0.717, 1.165) is 29.8 Å². The number of likely N-dealkylation sites (tertiary alicyclic amines) is 1. The summed E-state index contributed by atoms with van der Waals surface area (Å²) in [4.78, 5) is 35.1. The first-order valence-corrected chi connectivity index (χ1v) is 16.9. The first kappa shape index (κ1) is 33.2. The molecule has 14 heteroatoms. The topological polar surface area (TPSA) is 133 Å². The smallest absolute Gasteiger partial charge is 0.264 e. The Balaban J connectivity index is 1.70. The van der Waals surface area contributed by atoms with Crippen LogP contribution in [-0.2, 0) is 31.5 Å². The zero-order valence-corrected chi connectivity index (χ0v) is 27.8. The molecule has 1 saturated heterocycles. The summed E-state index contributed by atoms with van der Waals surface area (Å²) in [7, 11) is -1.43. The summed E-state index contributed by atoms with van der Waals surface area (Å²) in [5.41, 5.74) is -0.950. The average Bonchev–Trinajstić information content (AvgIpc) is 3.78. The molecule has 3 atom stereocenters. The van der Waals surface area contributed by atoms with Gasteiger partial charge in [0.15, 0.2) is 0 Å². The van der Waals surface area contributed by atoms with Crippen molar-refractivity contribution < 1.29 is 31.9 Å². The van der Waals surface area contributed by atoms with E-state index in [2.05, 4.69) is 14.8 Å². The van der Waals surface area contributed by atoms with Gasteiger partial charge in [-0.05, 0) is 59.9 Å². The number of carbonyl (C=O) groups is 2. The number of methoxy groups -OCH3 is 2. The van der Waals surface area contributed by atoms with Crippen LogP contribution in [0.2, 0.25) is 0 Å². The Morgan fingerprint density at radius 2 is 1.87 bits per heavy atom. The third kappa shape index (κ3) is 6.42. The normalized spacial score (nSPS) is 20.1. The minimum absolute atomic E-state index is 0.0265. The molecule has 0 bridgehead atoms. The van der Waals surface area contributed by atoms with Crippen LogP contribution < -0.4 is 9.46 Å². The fourth-order valence-electron chi connectivity index (χ4n) is 6.05. The molecule has 2 amide bonds. The molecule has 11 nitrogen and oxygen atoms in total. The molecule has 0 saturated carbocycles. The highest BCUT2D eigenvalue weighted by molar-refractivity contribution is 7.90. The summed E-state index contributed by atoms with van der Waals surface area (Å²) in [6.45, 7) is 6.07. The summed E-state index contributed by atoms with van der Waals surface area (Å²) in [5.74, 6) is -2.06. The van der Waals surface area contributed by atoms with E-state index in [-0.39, 0.29) is 35.4 Å². The molecule has 4 aromatic rings. The number of carbonyl (C=O) groups excluding carboxylic acids is 2. The zero-order valence-electron chi connectivity index (χ0n) is 26.1. The predicted octanol–water partition coefficient (Wildman–Crippen LogP) is 4.58. The van der Waals surface area contributed by atoms with Gasteiger partial charge in [-0.1, -0.05) is 26.8 Å². The molecule has 3 heterocycles. The lowest BCUT2D eigenvalue weighted by molar-refractivity contribution is -0.130. The quantitative estimate of drug-likeness (QED) is 0.260. The van der Waals surface area contributed by atoms with Gasteiger partial charge < -0.3 is 14.4 Å². The second-order valence-corrected chi connectivity index (χ2v) is 14.8. The van der Waals surface area contributed by atoms with Crippen molar-refractivity contribution in [3.63, 3.8) is 0 Å². The van der Waals surface area contributed by atoms with E-state index in [1.54, 1.807) is 36.0 Å². The molecule has 2 aromatic heterocycles. The molecule has 1 aliphatic heterocycles. The molecule has 0 aliphatic carbocycles. The standard InChI is InChI=1S/C32H36FN5O6S2/c1-31(2,3)25-12-7-21(17-26(25)44-5)29(39)38-27(28-34-14-16-45-28)22(19-43-4)18-32(38,20-37-15-6-13-35-37)30(40)36-46(41,42)24-10-8-23(33)9-11-24/h6-17,22,27H,18-20H2,1-5H3,(H,36,40)/t22-,27-,32-/m1/s1. The van der Waals surface area contributed by atoms with Crippen molar-refractivity contribution >= 4 is 33.2 Å². The summed E-state index contributed by atoms with van der Waals surface area (Å²) >= 11 is 1.32. The van der Waals surface area contributed by atoms with Gasteiger partial charge in [0.25, 0.3) is 21.8 Å². The maximum Gasteiger partial charge on any atom is 0.264 e. The van der Waals surface area contributed by atoms with Crippen LogP contribution in [0.15, 0.2) is 77.4 Å². The first-order chi connectivity index (χ1) is 21.8. The predicted molar refractivity (Wildman–Crippen MR) is 169 cm³/mol. The van der Waals surface area contributed by atoms with Gasteiger partial charge in [-0.25, -0.2) is 22.5 Å². The SMILES string of the molecule is COC[C@H]1C[C@@](Cn2cccn2)(C(=O)NS(=O)(=O)c2ccc(F)cc2)N(C(=O)c2ccc(C(C)(C)C)c(OC)c2)[C@H]1c1nccs1. The second-order valence-electron chi connectivity index (χ2n) is 12.2. The molecule has 244 valence electrons. The first-order valence-electron chi connectivity index (χ1n) is 14.5. The molecule has 1 fully saturated rings. The summed E-state index contributed by atoms with van der Waals surface area (Å²) in [6, 6.07) is 10.2. The van der Waals surface area contributed by atoms with E-state index in [0.29, 0.717) is 10.8 Å². The van der Waals surface area contributed by atoms with Crippen LogP contribution in [0.4, 0.5) is 4.39 Å². The lowest BCUT2D eigenvalue weighted by Crippen LogP contribution is -2.60. The summed E-state index contributed by atoms with van der Waals surface area (Å²) in [6.07, 6.45) is 4.80.